The summed E-state index contributed by atoms with van der Waals surface area (Å²) in [5, 5.41) is 12.6. The fourth-order valence-electron chi connectivity index (χ4n) is 4.98. The van der Waals surface area contributed by atoms with Crippen LogP contribution in [0.1, 0.15) is 17.2 Å². The molecule has 12 heteroatoms. The van der Waals surface area contributed by atoms with Crippen LogP contribution in [0.4, 0.5) is 15.0 Å². The van der Waals surface area contributed by atoms with Crippen LogP contribution in [-0.2, 0) is 9.57 Å². The highest BCUT2D eigenvalue weighted by Gasteiger charge is 2.37. The summed E-state index contributed by atoms with van der Waals surface area (Å²) in [6.07, 6.45) is 6.32. The standard InChI is InChI=1S/C29H29FN8O3/c1-19-26(20-9-12-36-13-11-32-25(36)17-20)35-38(22-6-4-3-5-7-22)28(19)34-29(39)33-23-18-37(14-15-40-2)41-27(23)21-8-10-31-24(30)16-21/h3-13,16-17,23,27H,14-15,18H2,1-2H3,(H2,33,34,39)/t23-,27+/m1/s1. The number of para-hydroxylation sites is 1. The monoisotopic (exact) mass is 556 g/mol. The van der Waals surface area contributed by atoms with Crippen molar-refractivity contribution in [2.24, 2.45) is 0 Å². The van der Waals surface area contributed by atoms with Gasteiger partial charge in [0.15, 0.2) is 0 Å². The van der Waals surface area contributed by atoms with Gasteiger partial charge in [0.2, 0.25) is 5.95 Å². The van der Waals surface area contributed by atoms with E-state index in [1.807, 2.05) is 66.2 Å². The molecule has 0 unspecified atom stereocenters. The van der Waals surface area contributed by atoms with Crippen LogP contribution in [0.25, 0.3) is 22.6 Å². The highest BCUT2D eigenvalue weighted by molar-refractivity contribution is 5.91. The Balaban J connectivity index is 1.29. The molecule has 1 aliphatic rings. The van der Waals surface area contributed by atoms with Gasteiger partial charge in [0.1, 0.15) is 17.6 Å². The first kappa shape index (κ1) is 26.6. The zero-order valence-electron chi connectivity index (χ0n) is 22.6. The van der Waals surface area contributed by atoms with Crippen LogP contribution in [0, 0.1) is 12.9 Å². The van der Waals surface area contributed by atoms with E-state index in [-0.39, 0.29) is 0 Å². The van der Waals surface area contributed by atoms with Crippen LogP contribution in [-0.4, -0.2) is 68.1 Å². The number of benzene rings is 1. The molecule has 0 spiro atoms. The quantitative estimate of drug-likeness (QED) is 0.276. The number of ether oxygens (including phenoxy) is 1. The van der Waals surface area contributed by atoms with Gasteiger partial charge in [0.25, 0.3) is 0 Å². The zero-order chi connectivity index (χ0) is 28.3. The van der Waals surface area contributed by atoms with Crippen LogP contribution >= 0.6 is 0 Å². The van der Waals surface area contributed by atoms with Crippen molar-refractivity contribution in [3.05, 3.63) is 96.5 Å². The van der Waals surface area contributed by atoms with Gasteiger partial charge in [0, 0.05) is 56.1 Å². The van der Waals surface area contributed by atoms with Crippen molar-refractivity contribution < 1.29 is 18.8 Å². The van der Waals surface area contributed by atoms with E-state index >= 15 is 0 Å². The van der Waals surface area contributed by atoms with E-state index in [1.54, 1.807) is 29.1 Å². The summed E-state index contributed by atoms with van der Waals surface area (Å²) in [6, 6.07) is 15.6. The number of pyridine rings is 2. The minimum absolute atomic E-state index is 0.387. The Morgan fingerprint density at radius 2 is 1.98 bits per heavy atom. The molecule has 5 heterocycles. The number of carbonyl (C=O) groups excluding carboxylic acids is 1. The molecule has 6 rings (SSSR count). The molecular formula is C29H29FN8O3. The molecule has 4 aromatic heterocycles. The lowest BCUT2D eigenvalue weighted by molar-refractivity contribution is -0.154. The van der Waals surface area contributed by atoms with Gasteiger partial charge >= 0.3 is 6.03 Å². The number of anilines is 1. The van der Waals surface area contributed by atoms with E-state index in [9.17, 15) is 9.18 Å². The van der Waals surface area contributed by atoms with Crippen molar-refractivity contribution in [2.45, 2.75) is 19.1 Å². The Morgan fingerprint density at radius 1 is 1.12 bits per heavy atom. The number of hydrogen-bond acceptors (Lipinski definition) is 7. The third-order valence-corrected chi connectivity index (χ3v) is 7.00. The molecular weight excluding hydrogens is 527 g/mol. The first-order valence-electron chi connectivity index (χ1n) is 13.2. The van der Waals surface area contributed by atoms with E-state index in [0.717, 1.165) is 28.2 Å². The van der Waals surface area contributed by atoms with E-state index in [1.165, 1.54) is 12.3 Å². The molecule has 41 heavy (non-hydrogen) atoms. The van der Waals surface area contributed by atoms with E-state index in [2.05, 4.69) is 20.6 Å². The third-order valence-electron chi connectivity index (χ3n) is 7.00. The second kappa shape index (κ2) is 11.5. The number of fused-ring (bicyclic) bond motifs is 1. The van der Waals surface area contributed by atoms with Crippen molar-refractivity contribution in [3.8, 4) is 16.9 Å². The Labute approximate surface area is 235 Å². The van der Waals surface area contributed by atoms with Crippen LogP contribution in [0.15, 0.2) is 79.4 Å². The molecule has 11 nitrogen and oxygen atoms in total. The number of carbonyl (C=O) groups is 1. The molecule has 1 fully saturated rings. The number of nitrogens with one attached hydrogen (secondary N) is 2. The predicted molar refractivity (Wildman–Crippen MR) is 150 cm³/mol. The van der Waals surface area contributed by atoms with E-state index in [4.69, 9.17) is 14.7 Å². The molecule has 2 atom stereocenters. The normalized spacial score (nSPS) is 17.2. The summed E-state index contributed by atoms with van der Waals surface area (Å²) in [7, 11) is 1.61. The maximum Gasteiger partial charge on any atom is 0.320 e. The van der Waals surface area contributed by atoms with Crippen molar-refractivity contribution in [1.82, 2.24) is 34.5 Å². The number of rotatable bonds is 8. The number of nitrogens with zero attached hydrogens (tertiary/aromatic N) is 6. The number of aromatic nitrogens is 5. The molecule has 210 valence electrons. The summed E-state index contributed by atoms with van der Waals surface area (Å²) in [5.41, 5.74) is 4.54. The zero-order valence-corrected chi connectivity index (χ0v) is 22.6. The average molecular weight is 557 g/mol. The number of hydrogen-bond donors (Lipinski definition) is 2. The van der Waals surface area contributed by atoms with Crippen molar-refractivity contribution >= 4 is 17.5 Å². The fourth-order valence-corrected chi connectivity index (χ4v) is 4.98. The predicted octanol–water partition coefficient (Wildman–Crippen LogP) is 4.15. The number of halogens is 1. The van der Waals surface area contributed by atoms with Crippen LogP contribution in [0.2, 0.25) is 0 Å². The topological polar surface area (TPSA) is 111 Å². The Morgan fingerprint density at radius 3 is 2.78 bits per heavy atom. The van der Waals surface area contributed by atoms with Gasteiger partial charge in [-0.15, -0.1) is 0 Å². The van der Waals surface area contributed by atoms with Gasteiger partial charge < -0.3 is 14.5 Å². The lowest BCUT2D eigenvalue weighted by Gasteiger charge is -2.19. The minimum atomic E-state index is -0.618. The first-order chi connectivity index (χ1) is 20.0. The van der Waals surface area contributed by atoms with Gasteiger partial charge in [-0.2, -0.15) is 14.6 Å². The molecule has 0 aliphatic carbocycles. The lowest BCUT2D eigenvalue weighted by Crippen LogP contribution is -2.42. The molecule has 5 aromatic rings. The molecule has 1 aromatic carbocycles. The number of imidazole rings is 1. The molecule has 2 amide bonds. The lowest BCUT2D eigenvalue weighted by atomic mass is 10.0. The van der Waals surface area contributed by atoms with Gasteiger partial charge in [-0.05, 0) is 48.9 Å². The largest absolute Gasteiger partial charge is 0.383 e. The Hall–Kier alpha value is -4.65. The first-order valence-corrected chi connectivity index (χ1v) is 13.2. The van der Waals surface area contributed by atoms with Gasteiger partial charge in [-0.1, -0.05) is 18.2 Å². The molecule has 0 bridgehead atoms. The van der Waals surface area contributed by atoms with Gasteiger partial charge in [0.05, 0.1) is 24.0 Å². The maximum absolute atomic E-state index is 13.9. The highest BCUT2D eigenvalue weighted by Crippen LogP contribution is 2.32. The smallest absolute Gasteiger partial charge is 0.320 e. The average Bonchev–Trinajstić information content (AvgIpc) is 3.70. The summed E-state index contributed by atoms with van der Waals surface area (Å²) < 4.78 is 22.8. The summed E-state index contributed by atoms with van der Waals surface area (Å²) >= 11 is 0. The highest BCUT2D eigenvalue weighted by atomic mass is 19.1. The fraction of sp³-hybridized carbons (Fsp3) is 0.241. The summed E-state index contributed by atoms with van der Waals surface area (Å²) in [4.78, 5) is 27.6. The minimum Gasteiger partial charge on any atom is -0.383 e. The van der Waals surface area contributed by atoms with E-state index in [0.29, 0.717) is 31.1 Å². The number of hydroxylamine groups is 2. The van der Waals surface area contributed by atoms with E-state index < -0.39 is 24.1 Å². The van der Waals surface area contributed by atoms with Crippen LogP contribution in [0.5, 0.6) is 0 Å². The molecule has 0 saturated carbocycles. The molecule has 1 aliphatic heterocycles. The second-order valence-corrected chi connectivity index (χ2v) is 9.70. The number of urea groups is 1. The molecule has 2 N–H and O–H groups in total. The van der Waals surface area contributed by atoms with Crippen molar-refractivity contribution in [2.75, 3.05) is 32.1 Å². The number of methoxy groups -OCH3 is 1. The van der Waals surface area contributed by atoms with Crippen LogP contribution < -0.4 is 10.6 Å². The van der Waals surface area contributed by atoms with Crippen molar-refractivity contribution in [1.29, 1.82) is 0 Å². The van der Waals surface area contributed by atoms with Gasteiger partial charge in [-0.3, -0.25) is 10.2 Å². The van der Waals surface area contributed by atoms with Crippen molar-refractivity contribution in [3.63, 3.8) is 0 Å². The summed E-state index contributed by atoms with van der Waals surface area (Å²) in [6.45, 7) is 3.24. The molecule has 1 saturated heterocycles. The number of amides is 2. The van der Waals surface area contributed by atoms with Gasteiger partial charge in [-0.25, -0.2) is 19.4 Å². The summed E-state index contributed by atoms with van der Waals surface area (Å²) in [5.74, 6) is -0.0957. The third kappa shape index (κ3) is 5.53. The SMILES string of the molecule is COCCN1C[C@@H](NC(=O)Nc2c(C)c(-c3ccn4ccnc4c3)nn2-c2ccccc2)[C@H](c2ccnc(F)c2)O1. The Kier molecular flexibility index (Phi) is 7.42. The Bertz CT molecular complexity index is 1670. The van der Waals surface area contributed by atoms with Crippen LogP contribution in [0.3, 0.4) is 0 Å². The molecule has 0 radical (unpaired) electrons. The maximum atomic E-state index is 13.9. The second-order valence-electron chi connectivity index (χ2n) is 9.70.